The number of nitrogens with zero attached hydrogens (tertiary/aromatic N) is 1. The highest BCUT2D eigenvalue weighted by Gasteiger charge is 2.36. The number of ether oxygens (including phenoxy) is 1. The van der Waals surface area contributed by atoms with Gasteiger partial charge in [0.25, 0.3) is 0 Å². The highest BCUT2D eigenvalue weighted by Crippen LogP contribution is 2.31. The molecule has 0 radical (unpaired) electrons. The quantitative estimate of drug-likeness (QED) is 0.627. The molecule has 0 aromatic heterocycles. The molecule has 0 fully saturated rings. The zero-order chi connectivity index (χ0) is 14.7. The minimum atomic E-state index is -1.94. The average molecular weight is 277 g/mol. The number of methoxy groups -OCH3 is 1. The van der Waals surface area contributed by atoms with Gasteiger partial charge in [0, 0.05) is 5.56 Å². The topological polar surface area (TPSA) is 59.3 Å². The van der Waals surface area contributed by atoms with E-state index in [1.807, 2.05) is 19.6 Å². The molecule has 1 atom stereocenters. The lowest BCUT2D eigenvalue weighted by Gasteiger charge is -2.31. The minimum Gasteiger partial charge on any atom is -0.465 e. The lowest BCUT2D eigenvalue weighted by molar-refractivity contribution is 0.0588. The van der Waals surface area contributed by atoms with Gasteiger partial charge in [-0.05, 0) is 32.6 Å². The van der Waals surface area contributed by atoms with Crippen molar-refractivity contribution in [2.75, 3.05) is 7.11 Å². The van der Waals surface area contributed by atoms with Gasteiger partial charge in [-0.15, -0.1) is 0 Å². The molecule has 0 bridgehead atoms. The Kier molecular flexibility index (Phi) is 4.50. The summed E-state index contributed by atoms with van der Waals surface area (Å²) in [4.78, 5) is 11.8. The van der Waals surface area contributed by atoms with Crippen LogP contribution in [0.5, 0.6) is 0 Å². The van der Waals surface area contributed by atoms with Gasteiger partial charge < -0.3 is 9.16 Å². The molecule has 0 saturated carbocycles. The number of carbonyl (C=O) groups is 1. The van der Waals surface area contributed by atoms with E-state index < -0.39 is 19.9 Å². The van der Waals surface area contributed by atoms with Crippen molar-refractivity contribution in [2.24, 2.45) is 0 Å². The maximum atomic E-state index is 11.8. The number of carbonyl (C=O) groups excluding carboxylic acids is 1. The first kappa shape index (κ1) is 15.4. The second-order valence-electron chi connectivity index (χ2n) is 5.40. The van der Waals surface area contributed by atoms with Gasteiger partial charge in [0.05, 0.1) is 12.7 Å². The number of hydrogen-bond donors (Lipinski definition) is 0. The third-order valence-corrected chi connectivity index (χ3v) is 3.59. The van der Waals surface area contributed by atoms with E-state index in [1.165, 1.54) is 7.11 Å². The molecular weight excluding hydrogens is 258 g/mol. The summed E-state index contributed by atoms with van der Waals surface area (Å²) in [5.74, 6) is -0.462. The Morgan fingerprint density at radius 1 is 1.32 bits per heavy atom. The molecular formula is C14H19NO3Si. The molecule has 19 heavy (non-hydrogen) atoms. The zero-order valence-electron chi connectivity index (χ0n) is 12.0. The van der Waals surface area contributed by atoms with Crippen LogP contribution in [0.3, 0.4) is 0 Å². The van der Waals surface area contributed by atoms with Crippen molar-refractivity contribution < 1.29 is 14.0 Å². The summed E-state index contributed by atoms with van der Waals surface area (Å²) in [5.41, 5.74) is -0.228. The van der Waals surface area contributed by atoms with Crippen LogP contribution >= 0.6 is 0 Å². The smallest absolute Gasteiger partial charge is 0.338 e. The van der Waals surface area contributed by atoms with E-state index >= 15 is 0 Å². The molecule has 1 rings (SSSR count). The predicted molar refractivity (Wildman–Crippen MR) is 75.2 cm³/mol. The molecule has 0 aliphatic rings. The summed E-state index contributed by atoms with van der Waals surface area (Å²) in [6.45, 7) is 7.70. The van der Waals surface area contributed by atoms with Gasteiger partial charge in [0.2, 0.25) is 0 Å². The summed E-state index contributed by atoms with van der Waals surface area (Å²) < 4.78 is 10.7. The Bertz CT molecular complexity index is 516. The van der Waals surface area contributed by atoms with Crippen LogP contribution in [0.4, 0.5) is 0 Å². The first-order chi connectivity index (χ1) is 8.73. The molecule has 0 amide bonds. The van der Waals surface area contributed by atoms with Crippen LogP contribution in [-0.4, -0.2) is 21.4 Å². The van der Waals surface area contributed by atoms with E-state index in [0.717, 1.165) is 0 Å². The van der Waals surface area contributed by atoms with E-state index in [9.17, 15) is 10.1 Å². The van der Waals surface area contributed by atoms with Crippen LogP contribution in [-0.2, 0) is 14.8 Å². The normalized spacial score (nSPS) is 14.3. The van der Waals surface area contributed by atoms with Crippen molar-refractivity contribution in [3.8, 4) is 6.07 Å². The van der Waals surface area contributed by atoms with Gasteiger partial charge in [0.1, 0.15) is 6.07 Å². The number of rotatable bonds is 4. The second kappa shape index (κ2) is 5.55. The molecule has 0 aliphatic carbocycles. The van der Waals surface area contributed by atoms with E-state index in [1.54, 1.807) is 31.2 Å². The molecule has 5 heteroatoms. The standard InChI is InChI=1S/C14H19NO3Si/c1-14(10-15,18-19(3,4)5)12-9-7-6-8-11(12)13(16)17-2/h6-9H,1-5H3/t14-/m1/s1. The largest absolute Gasteiger partial charge is 0.465 e. The molecule has 0 spiro atoms. The maximum absolute atomic E-state index is 11.8. The van der Waals surface area contributed by atoms with E-state index in [4.69, 9.17) is 9.16 Å². The van der Waals surface area contributed by atoms with Crippen LogP contribution in [0.2, 0.25) is 19.6 Å². The van der Waals surface area contributed by atoms with Crippen molar-refractivity contribution in [1.29, 1.82) is 5.26 Å². The fourth-order valence-electron chi connectivity index (χ4n) is 1.94. The van der Waals surface area contributed by atoms with Gasteiger partial charge in [0.15, 0.2) is 13.9 Å². The monoisotopic (exact) mass is 277 g/mol. The molecule has 102 valence electrons. The summed E-state index contributed by atoms with van der Waals surface area (Å²) in [6, 6.07) is 9.07. The van der Waals surface area contributed by atoms with E-state index in [-0.39, 0.29) is 0 Å². The lowest BCUT2D eigenvalue weighted by Crippen LogP contribution is -2.38. The van der Waals surface area contributed by atoms with Gasteiger partial charge in [-0.25, -0.2) is 4.79 Å². The molecule has 0 N–H and O–H groups in total. The Labute approximate surface area is 115 Å². The minimum absolute atomic E-state index is 0.368. The van der Waals surface area contributed by atoms with Crippen molar-refractivity contribution in [2.45, 2.75) is 32.2 Å². The fraction of sp³-hybridized carbons (Fsp3) is 0.429. The summed E-state index contributed by atoms with van der Waals surface area (Å²) in [6.07, 6.45) is 0. The van der Waals surface area contributed by atoms with Gasteiger partial charge in [-0.2, -0.15) is 5.26 Å². The van der Waals surface area contributed by atoms with Gasteiger partial charge in [-0.1, -0.05) is 18.2 Å². The summed E-state index contributed by atoms with van der Waals surface area (Å²) in [5, 5.41) is 9.48. The first-order valence-corrected chi connectivity index (χ1v) is 9.43. The highest BCUT2D eigenvalue weighted by atomic mass is 28.4. The Hall–Kier alpha value is -1.64. The van der Waals surface area contributed by atoms with Crippen molar-refractivity contribution in [3.63, 3.8) is 0 Å². The van der Waals surface area contributed by atoms with Crippen LogP contribution in [0.15, 0.2) is 24.3 Å². The molecule has 4 nitrogen and oxygen atoms in total. The van der Waals surface area contributed by atoms with Crippen molar-refractivity contribution in [1.82, 2.24) is 0 Å². The van der Waals surface area contributed by atoms with E-state index in [0.29, 0.717) is 11.1 Å². The third kappa shape index (κ3) is 3.66. The molecule has 0 heterocycles. The Balaban J connectivity index is 3.34. The van der Waals surface area contributed by atoms with E-state index in [2.05, 4.69) is 6.07 Å². The van der Waals surface area contributed by atoms with Crippen LogP contribution in [0.25, 0.3) is 0 Å². The molecule has 0 unspecified atom stereocenters. The summed E-state index contributed by atoms with van der Waals surface area (Å²) in [7, 11) is -0.617. The molecule has 1 aromatic carbocycles. The van der Waals surface area contributed by atoms with Crippen molar-refractivity contribution >= 4 is 14.3 Å². The molecule has 1 aromatic rings. The highest BCUT2D eigenvalue weighted by molar-refractivity contribution is 6.69. The number of esters is 1. The van der Waals surface area contributed by atoms with Crippen LogP contribution in [0.1, 0.15) is 22.8 Å². The predicted octanol–water partition coefficient (Wildman–Crippen LogP) is 3.06. The second-order valence-corrected chi connectivity index (χ2v) is 9.83. The van der Waals surface area contributed by atoms with Crippen LogP contribution in [0, 0.1) is 11.3 Å². The SMILES string of the molecule is COC(=O)c1ccccc1[C@@](C)(C#N)O[Si](C)(C)C. The molecule has 0 aliphatic heterocycles. The zero-order valence-corrected chi connectivity index (χ0v) is 13.0. The Morgan fingerprint density at radius 2 is 1.89 bits per heavy atom. The summed E-state index contributed by atoms with van der Waals surface area (Å²) >= 11 is 0. The lowest BCUT2D eigenvalue weighted by atomic mass is 9.93. The van der Waals surface area contributed by atoms with Crippen LogP contribution < -0.4 is 0 Å². The average Bonchev–Trinajstić information content (AvgIpc) is 2.35. The van der Waals surface area contributed by atoms with Gasteiger partial charge in [-0.3, -0.25) is 0 Å². The maximum Gasteiger partial charge on any atom is 0.338 e. The number of benzene rings is 1. The third-order valence-electron chi connectivity index (χ3n) is 2.57. The first-order valence-electron chi connectivity index (χ1n) is 6.03. The van der Waals surface area contributed by atoms with Gasteiger partial charge >= 0.3 is 5.97 Å². The molecule has 0 saturated heterocycles. The number of nitriles is 1. The fourth-order valence-corrected chi connectivity index (χ4v) is 3.32. The Morgan fingerprint density at radius 3 is 2.37 bits per heavy atom. The van der Waals surface area contributed by atoms with Crippen molar-refractivity contribution in [3.05, 3.63) is 35.4 Å². The number of hydrogen-bond acceptors (Lipinski definition) is 4.